The largest absolute Gasteiger partial charge is 0.423 e. The SMILES string of the molecule is CC(C)(C)NCC(=O)Nc1cccc(-c2nnco2)c1. The summed E-state index contributed by atoms with van der Waals surface area (Å²) in [5, 5.41) is 13.4. The number of hydrogen-bond acceptors (Lipinski definition) is 5. The highest BCUT2D eigenvalue weighted by atomic mass is 16.4. The van der Waals surface area contributed by atoms with Crippen LogP contribution in [0.25, 0.3) is 11.5 Å². The summed E-state index contributed by atoms with van der Waals surface area (Å²) in [5.41, 5.74) is 1.37. The van der Waals surface area contributed by atoms with Crippen molar-refractivity contribution < 1.29 is 9.21 Å². The molecule has 106 valence electrons. The molecule has 0 saturated heterocycles. The highest BCUT2D eigenvalue weighted by Crippen LogP contribution is 2.20. The Morgan fingerprint density at radius 2 is 2.15 bits per heavy atom. The van der Waals surface area contributed by atoms with Crippen molar-refractivity contribution in [2.24, 2.45) is 0 Å². The Morgan fingerprint density at radius 1 is 1.35 bits per heavy atom. The van der Waals surface area contributed by atoms with Crippen LogP contribution in [0.2, 0.25) is 0 Å². The van der Waals surface area contributed by atoms with Crippen LogP contribution in [-0.4, -0.2) is 28.2 Å². The molecule has 20 heavy (non-hydrogen) atoms. The van der Waals surface area contributed by atoms with Crippen LogP contribution in [0.1, 0.15) is 20.8 Å². The van der Waals surface area contributed by atoms with Gasteiger partial charge in [0, 0.05) is 16.8 Å². The van der Waals surface area contributed by atoms with Crippen LogP contribution in [0.3, 0.4) is 0 Å². The van der Waals surface area contributed by atoms with Crippen molar-refractivity contribution in [3.63, 3.8) is 0 Å². The van der Waals surface area contributed by atoms with Gasteiger partial charge in [0.1, 0.15) is 0 Å². The van der Waals surface area contributed by atoms with E-state index in [2.05, 4.69) is 20.8 Å². The molecule has 0 fully saturated rings. The van der Waals surface area contributed by atoms with E-state index in [0.717, 1.165) is 5.56 Å². The average molecular weight is 274 g/mol. The molecule has 1 amide bonds. The monoisotopic (exact) mass is 274 g/mol. The molecule has 6 nitrogen and oxygen atoms in total. The molecule has 0 aliphatic rings. The Labute approximate surface area is 117 Å². The quantitative estimate of drug-likeness (QED) is 0.892. The van der Waals surface area contributed by atoms with Crippen LogP contribution in [-0.2, 0) is 4.79 Å². The van der Waals surface area contributed by atoms with E-state index in [1.54, 1.807) is 6.07 Å². The molecule has 0 aliphatic heterocycles. The second kappa shape index (κ2) is 5.83. The molecule has 1 aromatic carbocycles. The molecule has 2 rings (SSSR count). The first-order valence-corrected chi connectivity index (χ1v) is 6.35. The lowest BCUT2D eigenvalue weighted by Gasteiger charge is -2.20. The van der Waals surface area contributed by atoms with E-state index >= 15 is 0 Å². The summed E-state index contributed by atoms with van der Waals surface area (Å²) in [4.78, 5) is 11.8. The number of rotatable bonds is 4. The number of carbonyl (C=O) groups excluding carboxylic acids is 1. The fourth-order valence-electron chi connectivity index (χ4n) is 1.58. The van der Waals surface area contributed by atoms with Crippen LogP contribution in [0, 0.1) is 0 Å². The summed E-state index contributed by atoms with van der Waals surface area (Å²) in [6.07, 6.45) is 1.27. The smallest absolute Gasteiger partial charge is 0.247 e. The van der Waals surface area contributed by atoms with Crippen LogP contribution in [0.4, 0.5) is 5.69 Å². The lowest BCUT2D eigenvalue weighted by Crippen LogP contribution is -2.41. The number of benzene rings is 1. The Kier molecular flexibility index (Phi) is 4.14. The van der Waals surface area contributed by atoms with Crippen LogP contribution < -0.4 is 10.6 Å². The lowest BCUT2D eigenvalue weighted by molar-refractivity contribution is -0.115. The predicted octanol–water partition coefficient (Wildman–Crippen LogP) is 2.06. The first-order chi connectivity index (χ1) is 9.44. The molecule has 0 atom stereocenters. The van der Waals surface area contributed by atoms with E-state index < -0.39 is 0 Å². The number of carbonyl (C=O) groups is 1. The second-order valence-electron chi connectivity index (χ2n) is 5.48. The number of nitrogens with one attached hydrogen (secondary N) is 2. The Bertz CT molecular complexity index is 573. The first-order valence-electron chi connectivity index (χ1n) is 6.35. The highest BCUT2D eigenvalue weighted by Gasteiger charge is 2.12. The van der Waals surface area contributed by atoms with Gasteiger partial charge in [0.25, 0.3) is 0 Å². The number of hydrogen-bond donors (Lipinski definition) is 2. The Balaban J connectivity index is 2.00. The van der Waals surface area contributed by atoms with Crippen molar-refractivity contribution >= 4 is 11.6 Å². The molecule has 0 bridgehead atoms. The van der Waals surface area contributed by atoms with Gasteiger partial charge in [-0.1, -0.05) is 6.07 Å². The maximum atomic E-state index is 11.8. The Morgan fingerprint density at radius 3 is 2.80 bits per heavy atom. The van der Waals surface area contributed by atoms with Crippen molar-refractivity contribution in [3.8, 4) is 11.5 Å². The third kappa shape index (κ3) is 4.17. The van der Waals surface area contributed by atoms with E-state index in [0.29, 0.717) is 11.6 Å². The Hall–Kier alpha value is -2.21. The van der Waals surface area contributed by atoms with Gasteiger partial charge in [-0.3, -0.25) is 4.79 Å². The molecule has 2 N–H and O–H groups in total. The molecular formula is C14H18N4O2. The predicted molar refractivity (Wildman–Crippen MR) is 76.1 cm³/mol. The van der Waals surface area contributed by atoms with E-state index in [4.69, 9.17) is 4.42 Å². The summed E-state index contributed by atoms with van der Waals surface area (Å²) in [6.45, 7) is 6.29. The van der Waals surface area contributed by atoms with E-state index in [1.807, 2.05) is 39.0 Å². The van der Waals surface area contributed by atoms with Gasteiger partial charge in [-0.25, -0.2) is 0 Å². The van der Waals surface area contributed by atoms with Crippen molar-refractivity contribution in [3.05, 3.63) is 30.7 Å². The molecule has 0 unspecified atom stereocenters. The average Bonchev–Trinajstić information content (AvgIpc) is 2.90. The highest BCUT2D eigenvalue weighted by molar-refractivity contribution is 5.92. The number of nitrogens with zero attached hydrogens (tertiary/aromatic N) is 2. The molecule has 0 radical (unpaired) electrons. The standard InChI is InChI=1S/C14H18N4O2/c1-14(2,3)15-8-12(19)17-11-6-4-5-10(7-11)13-18-16-9-20-13/h4-7,9,15H,8H2,1-3H3,(H,17,19). The zero-order valence-electron chi connectivity index (χ0n) is 11.8. The van der Waals surface area contributed by atoms with Gasteiger partial charge in [0.2, 0.25) is 18.2 Å². The van der Waals surface area contributed by atoms with Crippen molar-refractivity contribution in [1.82, 2.24) is 15.5 Å². The summed E-state index contributed by atoms with van der Waals surface area (Å²) >= 11 is 0. The third-order valence-electron chi connectivity index (χ3n) is 2.53. The number of amides is 1. The van der Waals surface area contributed by atoms with E-state index in [1.165, 1.54) is 6.39 Å². The summed E-state index contributed by atoms with van der Waals surface area (Å²) in [5.74, 6) is 0.330. The summed E-state index contributed by atoms with van der Waals surface area (Å²) in [6, 6.07) is 7.28. The molecule has 0 saturated carbocycles. The van der Waals surface area contributed by atoms with E-state index in [-0.39, 0.29) is 18.0 Å². The maximum absolute atomic E-state index is 11.8. The summed E-state index contributed by atoms with van der Waals surface area (Å²) in [7, 11) is 0. The number of anilines is 1. The zero-order chi connectivity index (χ0) is 14.6. The molecule has 1 aromatic heterocycles. The minimum absolute atomic E-state index is 0.0943. The molecule has 6 heteroatoms. The molecule has 0 aliphatic carbocycles. The minimum atomic E-state index is -0.0948. The second-order valence-corrected chi connectivity index (χ2v) is 5.48. The molecule has 1 heterocycles. The maximum Gasteiger partial charge on any atom is 0.247 e. The van der Waals surface area contributed by atoms with Crippen LogP contribution in [0.5, 0.6) is 0 Å². The van der Waals surface area contributed by atoms with Gasteiger partial charge in [-0.15, -0.1) is 10.2 Å². The number of aromatic nitrogens is 2. The van der Waals surface area contributed by atoms with Crippen LogP contribution >= 0.6 is 0 Å². The topological polar surface area (TPSA) is 80.0 Å². The van der Waals surface area contributed by atoms with Gasteiger partial charge in [-0.05, 0) is 39.0 Å². The fraction of sp³-hybridized carbons (Fsp3) is 0.357. The molecule has 2 aromatic rings. The molecular weight excluding hydrogens is 256 g/mol. The zero-order valence-corrected chi connectivity index (χ0v) is 11.8. The van der Waals surface area contributed by atoms with Gasteiger partial charge >= 0.3 is 0 Å². The van der Waals surface area contributed by atoms with Crippen molar-refractivity contribution in [2.45, 2.75) is 26.3 Å². The minimum Gasteiger partial charge on any atom is -0.423 e. The normalized spacial score (nSPS) is 11.3. The lowest BCUT2D eigenvalue weighted by atomic mass is 10.1. The van der Waals surface area contributed by atoms with Gasteiger partial charge in [0.05, 0.1) is 6.54 Å². The van der Waals surface area contributed by atoms with Gasteiger partial charge in [0.15, 0.2) is 0 Å². The summed E-state index contributed by atoms with van der Waals surface area (Å²) < 4.78 is 5.12. The first kappa shape index (κ1) is 14.2. The van der Waals surface area contributed by atoms with Gasteiger partial charge in [-0.2, -0.15) is 0 Å². The van der Waals surface area contributed by atoms with Crippen molar-refractivity contribution in [1.29, 1.82) is 0 Å². The molecule has 0 spiro atoms. The van der Waals surface area contributed by atoms with Crippen LogP contribution in [0.15, 0.2) is 35.1 Å². The van der Waals surface area contributed by atoms with Gasteiger partial charge < -0.3 is 15.1 Å². The van der Waals surface area contributed by atoms with E-state index in [9.17, 15) is 4.79 Å². The van der Waals surface area contributed by atoms with Crippen molar-refractivity contribution in [2.75, 3.05) is 11.9 Å². The fourth-order valence-corrected chi connectivity index (χ4v) is 1.58. The third-order valence-corrected chi connectivity index (χ3v) is 2.53.